The van der Waals surface area contributed by atoms with Gasteiger partial charge in [-0.1, -0.05) is 13.8 Å². The van der Waals surface area contributed by atoms with E-state index in [1.807, 2.05) is 6.92 Å². The molecule has 0 spiro atoms. The molecule has 0 aromatic heterocycles. The number of methoxy groups -OCH3 is 2. The van der Waals surface area contributed by atoms with E-state index in [9.17, 15) is 5.11 Å². The van der Waals surface area contributed by atoms with E-state index in [4.69, 9.17) is 9.47 Å². The molecule has 4 nitrogen and oxygen atoms in total. The van der Waals surface area contributed by atoms with Crippen LogP contribution in [0.15, 0.2) is 12.1 Å². The largest absolute Gasteiger partial charge is 0.493 e. The number of fused-ring (bicyclic) bond motifs is 1. The van der Waals surface area contributed by atoms with Gasteiger partial charge < -0.3 is 14.6 Å². The van der Waals surface area contributed by atoms with E-state index in [0.717, 1.165) is 43.3 Å². The minimum absolute atomic E-state index is 0.251. The number of ether oxygens (including phenoxy) is 2. The van der Waals surface area contributed by atoms with E-state index in [1.54, 1.807) is 14.2 Å². The average molecular weight is 335 g/mol. The first kappa shape index (κ1) is 19.1. The monoisotopic (exact) mass is 335 g/mol. The molecule has 1 aliphatic rings. The summed E-state index contributed by atoms with van der Waals surface area (Å²) in [5.74, 6) is 2.30. The van der Waals surface area contributed by atoms with Gasteiger partial charge in [0.15, 0.2) is 11.5 Å². The number of benzene rings is 1. The maximum atomic E-state index is 10.0. The Bertz CT molecular complexity index is 528. The highest BCUT2D eigenvalue weighted by Crippen LogP contribution is 2.40. The first-order valence-electron chi connectivity index (χ1n) is 9.13. The highest BCUT2D eigenvalue weighted by atomic mass is 16.5. The Morgan fingerprint density at radius 1 is 1.17 bits per heavy atom. The van der Waals surface area contributed by atoms with Crippen molar-refractivity contribution in [1.82, 2.24) is 4.90 Å². The lowest BCUT2D eigenvalue weighted by Gasteiger charge is -2.38. The van der Waals surface area contributed by atoms with Crippen LogP contribution in [0.3, 0.4) is 0 Å². The quantitative estimate of drug-likeness (QED) is 0.784. The van der Waals surface area contributed by atoms with Gasteiger partial charge in [0.25, 0.3) is 0 Å². The third-order valence-corrected chi connectivity index (χ3v) is 4.90. The van der Waals surface area contributed by atoms with E-state index in [1.165, 1.54) is 24.0 Å². The van der Waals surface area contributed by atoms with Gasteiger partial charge in [-0.3, -0.25) is 4.90 Å². The summed E-state index contributed by atoms with van der Waals surface area (Å²) in [7, 11) is 3.36. The zero-order chi connectivity index (χ0) is 17.7. The van der Waals surface area contributed by atoms with E-state index >= 15 is 0 Å². The highest BCUT2D eigenvalue weighted by molar-refractivity contribution is 5.49. The molecule has 0 saturated carbocycles. The minimum atomic E-state index is -0.318. The topological polar surface area (TPSA) is 41.9 Å². The molecule has 0 bridgehead atoms. The molecule has 0 aliphatic carbocycles. The molecule has 1 aromatic rings. The molecule has 0 saturated heterocycles. The molecule has 136 valence electrons. The number of aliphatic hydroxyl groups is 1. The van der Waals surface area contributed by atoms with Crippen molar-refractivity contribution in [3.05, 3.63) is 23.3 Å². The number of nitrogens with zero attached hydrogens (tertiary/aromatic N) is 1. The SMILES string of the molecule is COc1cc2c(cc1OC)C(CC(C)O)N(CCCC(C)C)CC2. The van der Waals surface area contributed by atoms with Crippen molar-refractivity contribution < 1.29 is 14.6 Å². The van der Waals surface area contributed by atoms with Gasteiger partial charge in [0, 0.05) is 12.6 Å². The van der Waals surface area contributed by atoms with Gasteiger partial charge in [-0.15, -0.1) is 0 Å². The van der Waals surface area contributed by atoms with Gasteiger partial charge in [-0.05, 0) is 68.3 Å². The van der Waals surface area contributed by atoms with Crippen molar-refractivity contribution in [2.75, 3.05) is 27.3 Å². The van der Waals surface area contributed by atoms with Crippen molar-refractivity contribution in [3.63, 3.8) is 0 Å². The third kappa shape index (κ3) is 4.64. The van der Waals surface area contributed by atoms with E-state index in [-0.39, 0.29) is 12.1 Å². The lowest BCUT2D eigenvalue weighted by molar-refractivity contribution is 0.103. The Morgan fingerprint density at radius 3 is 2.42 bits per heavy atom. The molecular weight excluding hydrogens is 302 g/mol. The van der Waals surface area contributed by atoms with Gasteiger partial charge in [0.1, 0.15) is 0 Å². The van der Waals surface area contributed by atoms with Crippen molar-refractivity contribution in [2.45, 2.75) is 58.6 Å². The molecule has 1 heterocycles. The molecule has 2 unspecified atom stereocenters. The van der Waals surface area contributed by atoms with Crippen LogP contribution in [0.2, 0.25) is 0 Å². The second-order valence-corrected chi connectivity index (χ2v) is 7.33. The fraction of sp³-hybridized carbons (Fsp3) is 0.700. The summed E-state index contributed by atoms with van der Waals surface area (Å²) in [6.45, 7) is 8.55. The van der Waals surface area contributed by atoms with Gasteiger partial charge in [-0.25, -0.2) is 0 Å². The van der Waals surface area contributed by atoms with Crippen LogP contribution in [-0.4, -0.2) is 43.4 Å². The predicted molar refractivity (Wildman–Crippen MR) is 97.9 cm³/mol. The smallest absolute Gasteiger partial charge is 0.161 e. The maximum Gasteiger partial charge on any atom is 0.161 e. The van der Waals surface area contributed by atoms with Gasteiger partial charge >= 0.3 is 0 Å². The predicted octanol–water partition coefficient (Wildman–Crippen LogP) is 3.81. The molecule has 0 fully saturated rings. The minimum Gasteiger partial charge on any atom is -0.493 e. The van der Waals surface area contributed by atoms with Crippen LogP contribution in [0.4, 0.5) is 0 Å². The van der Waals surface area contributed by atoms with E-state index < -0.39 is 0 Å². The third-order valence-electron chi connectivity index (χ3n) is 4.90. The fourth-order valence-electron chi connectivity index (χ4n) is 3.65. The van der Waals surface area contributed by atoms with E-state index in [0.29, 0.717) is 0 Å². The summed E-state index contributed by atoms with van der Waals surface area (Å²) >= 11 is 0. The molecule has 2 rings (SSSR count). The highest BCUT2D eigenvalue weighted by Gasteiger charge is 2.29. The van der Waals surface area contributed by atoms with Crippen molar-refractivity contribution in [2.24, 2.45) is 5.92 Å². The summed E-state index contributed by atoms with van der Waals surface area (Å²) in [6.07, 6.45) is 3.91. The summed E-state index contributed by atoms with van der Waals surface area (Å²) in [5.41, 5.74) is 2.60. The van der Waals surface area contributed by atoms with Gasteiger partial charge in [0.05, 0.1) is 20.3 Å². The number of aliphatic hydroxyl groups excluding tert-OH is 1. The summed E-state index contributed by atoms with van der Waals surface area (Å²) in [4.78, 5) is 2.53. The maximum absolute atomic E-state index is 10.0. The number of hydrogen-bond acceptors (Lipinski definition) is 4. The molecule has 24 heavy (non-hydrogen) atoms. The van der Waals surface area contributed by atoms with Crippen molar-refractivity contribution in [3.8, 4) is 11.5 Å². The lowest BCUT2D eigenvalue weighted by Crippen LogP contribution is -2.37. The van der Waals surface area contributed by atoms with Crippen molar-refractivity contribution in [1.29, 1.82) is 0 Å². The number of rotatable bonds is 8. The Hall–Kier alpha value is -1.26. The second-order valence-electron chi connectivity index (χ2n) is 7.33. The van der Waals surface area contributed by atoms with Crippen molar-refractivity contribution >= 4 is 0 Å². The molecule has 0 amide bonds. The Balaban J connectivity index is 2.26. The normalized spacial score (nSPS) is 19.2. The van der Waals surface area contributed by atoms with Gasteiger partial charge in [-0.2, -0.15) is 0 Å². The van der Waals surface area contributed by atoms with Crippen LogP contribution < -0.4 is 9.47 Å². The molecule has 0 radical (unpaired) electrons. The first-order valence-corrected chi connectivity index (χ1v) is 9.13. The molecular formula is C20H33NO3. The summed E-state index contributed by atoms with van der Waals surface area (Å²) in [5, 5.41) is 10.0. The standard InChI is InChI=1S/C20H33NO3/c1-14(2)7-6-9-21-10-8-16-12-19(23-4)20(24-5)13-17(16)18(21)11-15(3)22/h12-15,18,22H,6-11H2,1-5H3. The Labute approximate surface area is 146 Å². The van der Waals surface area contributed by atoms with Crippen LogP contribution in [0.1, 0.15) is 57.2 Å². The summed E-state index contributed by atoms with van der Waals surface area (Å²) < 4.78 is 10.9. The number of hydrogen-bond donors (Lipinski definition) is 1. The molecule has 4 heteroatoms. The van der Waals surface area contributed by atoms with Crippen LogP contribution in [0, 0.1) is 5.92 Å². The lowest BCUT2D eigenvalue weighted by atomic mass is 9.88. The zero-order valence-electron chi connectivity index (χ0n) is 15.8. The Morgan fingerprint density at radius 2 is 1.83 bits per heavy atom. The summed E-state index contributed by atoms with van der Waals surface area (Å²) in [6, 6.07) is 4.46. The van der Waals surface area contributed by atoms with E-state index in [2.05, 4.69) is 30.9 Å². The van der Waals surface area contributed by atoms with Crippen LogP contribution in [0.5, 0.6) is 11.5 Å². The van der Waals surface area contributed by atoms with Gasteiger partial charge in [0.2, 0.25) is 0 Å². The first-order chi connectivity index (χ1) is 11.5. The zero-order valence-corrected chi connectivity index (χ0v) is 15.8. The Kier molecular flexibility index (Phi) is 6.93. The molecule has 2 atom stereocenters. The molecule has 1 N–H and O–H groups in total. The van der Waals surface area contributed by atoms with Crippen LogP contribution in [-0.2, 0) is 6.42 Å². The average Bonchev–Trinajstić information content (AvgIpc) is 2.54. The molecule has 1 aromatic carbocycles. The molecule has 1 aliphatic heterocycles. The van der Waals surface area contributed by atoms with Crippen LogP contribution in [0.25, 0.3) is 0 Å². The fourth-order valence-corrected chi connectivity index (χ4v) is 3.65. The second kappa shape index (κ2) is 8.72. The van der Waals surface area contributed by atoms with Crippen LogP contribution >= 0.6 is 0 Å².